The topological polar surface area (TPSA) is 34.2 Å². The van der Waals surface area contributed by atoms with E-state index in [1.165, 1.54) is 12.3 Å². The van der Waals surface area contributed by atoms with E-state index in [0.717, 1.165) is 6.20 Å². The summed E-state index contributed by atoms with van der Waals surface area (Å²) in [6.07, 6.45) is -12.9. The van der Waals surface area contributed by atoms with Gasteiger partial charge in [-0.15, -0.1) is 0 Å². The molecule has 1 aromatic heterocycles. The summed E-state index contributed by atoms with van der Waals surface area (Å²) in [5.74, 6) is -0.551. The Morgan fingerprint density at radius 3 is 2.19 bits per heavy atom. The molecule has 1 rings (SSSR count). The molecule has 9 heteroatoms. The molecule has 0 saturated carbocycles. The summed E-state index contributed by atoms with van der Waals surface area (Å²) in [7, 11) is 0. The van der Waals surface area contributed by atoms with Crippen molar-refractivity contribution in [2.45, 2.75) is 44.9 Å². The zero-order chi connectivity index (χ0) is 16.3. The summed E-state index contributed by atoms with van der Waals surface area (Å²) in [6.45, 7) is 3.64. The van der Waals surface area contributed by atoms with Crippen LogP contribution in [-0.4, -0.2) is 29.5 Å². The van der Waals surface area contributed by atoms with E-state index in [4.69, 9.17) is 0 Å². The van der Waals surface area contributed by atoms with Crippen molar-refractivity contribution in [3.63, 3.8) is 0 Å². The fraction of sp³-hybridized carbons (Fsp3) is 0.583. The van der Waals surface area contributed by atoms with E-state index in [1.807, 2.05) is 0 Å². The molecule has 0 saturated heterocycles. The van der Waals surface area contributed by atoms with E-state index in [1.54, 1.807) is 13.8 Å². The van der Waals surface area contributed by atoms with Gasteiger partial charge in [0.2, 0.25) is 0 Å². The number of hydrogen-bond acceptors (Lipinski definition) is 3. The summed E-state index contributed by atoms with van der Waals surface area (Å²) in [5.41, 5.74) is 0.164. The number of pyridine rings is 1. The van der Waals surface area contributed by atoms with Crippen LogP contribution < -0.4 is 10.1 Å². The number of aromatic nitrogens is 1. The summed E-state index contributed by atoms with van der Waals surface area (Å²) < 4.78 is 79.0. The Kier molecular flexibility index (Phi) is 5.43. The van der Waals surface area contributed by atoms with Gasteiger partial charge in [0.15, 0.2) is 0 Å². The number of nitrogens with one attached hydrogen (secondary N) is 1. The van der Waals surface area contributed by atoms with Gasteiger partial charge in [-0.2, -0.15) is 26.3 Å². The quantitative estimate of drug-likeness (QED) is 0.845. The van der Waals surface area contributed by atoms with Crippen LogP contribution in [0.4, 0.5) is 26.3 Å². The summed E-state index contributed by atoms with van der Waals surface area (Å²) >= 11 is 0. The van der Waals surface area contributed by atoms with Gasteiger partial charge in [-0.25, -0.2) is 0 Å². The number of rotatable bonds is 5. The first-order valence-electron chi connectivity index (χ1n) is 5.98. The second-order valence-corrected chi connectivity index (χ2v) is 4.60. The molecule has 21 heavy (non-hydrogen) atoms. The Hall–Kier alpha value is -1.51. The van der Waals surface area contributed by atoms with Gasteiger partial charge in [0.1, 0.15) is 5.75 Å². The zero-order valence-electron chi connectivity index (χ0n) is 11.2. The van der Waals surface area contributed by atoms with E-state index >= 15 is 0 Å². The van der Waals surface area contributed by atoms with Crippen molar-refractivity contribution in [2.24, 2.45) is 0 Å². The standard InChI is InChI=1S/C12H14F6N2O/c1-7(2)20-5-8-3-4-19-6-9(8)21-10(11(13,14)15)12(16,17)18/h3-4,6-7,10,20H,5H2,1-2H3. The average molecular weight is 316 g/mol. The summed E-state index contributed by atoms with van der Waals surface area (Å²) in [4.78, 5) is 3.50. The molecule has 0 unspecified atom stereocenters. The Bertz CT molecular complexity index is 444. The average Bonchev–Trinajstić information content (AvgIpc) is 2.31. The maximum Gasteiger partial charge on any atom is 0.434 e. The minimum absolute atomic E-state index is 0.00652. The third kappa shape index (κ3) is 5.41. The van der Waals surface area contributed by atoms with Gasteiger partial charge in [0.25, 0.3) is 6.10 Å². The van der Waals surface area contributed by atoms with Gasteiger partial charge in [-0.05, 0) is 6.07 Å². The number of hydrogen-bond donors (Lipinski definition) is 1. The Labute approximate surface area is 117 Å². The third-order valence-corrected chi connectivity index (χ3v) is 2.41. The van der Waals surface area contributed by atoms with Crippen molar-refractivity contribution >= 4 is 0 Å². The van der Waals surface area contributed by atoms with Crippen molar-refractivity contribution in [3.8, 4) is 5.75 Å². The Balaban J connectivity index is 2.99. The molecular formula is C12H14F6N2O. The molecule has 0 atom stereocenters. The summed E-state index contributed by atoms with van der Waals surface area (Å²) in [6, 6.07) is 1.31. The molecule has 3 nitrogen and oxygen atoms in total. The first-order chi connectivity index (χ1) is 9.51. The van der Waals surface area contributed by atoms with Crippen molar-refractivity contribution in [1.82, 2.24) is 10.3 Å². The normalized spacial score (nSPS) is 13.0. The lowest BCUT2D eigenvalue weighted by atomic mass is 10.2. The van der Waals surface area contributed by atoms with E-state index < -0.39 is 24.2 Å². The van der Waals surface area contributed by atoms with Crippen LogP contribution >= 0.6 is 0 Å². The van der Waals surface area contributed by atoms with Crippen molar-refractivity contribution in [2.75, 3.05) is 0 Å². The third-order valence-electron chi connectivity index (χ3n) is 2.41. The van der Waals surface area contributed by atoms with Gasteiger partial charge in [0, 0.05) is 24.3 Å². The SMILES string of the molecule is CC(C)NCc1ccncc1OC(C(F)(F)F)C(F)(F)F. The second kappa shape index (κ2) is 6.50. The molecule has 0 aromatic carbocycles. The second-order valence-electron chi connectivity index (χ2n) is 4.60. The smallest absolute Gasteiger partial charge is 0.434 e. The van der Waals surface area contributed by atoms with E-state index in [2.05, 4.69) is 15.0 Å². The highest BCUT2D eigenvalue weighted by Crippen LogP contribution is 2.37. The van der Waals surface area contributed by atoms with E-state index in [-0.39, 0.29) is 18.2 Å². The number of ether oxygens (including phenoxy) is 1. The lowest BCUT2D eigenvalue weighted by molar-refractivity contribution is -0.300. The fourth-order valence-corrected chi connectivity index (χ4v) is 1.42. The van der Waals surface area contributed by atoms with Crippen LogP contribution in [0.2, 0.25) is 0 Å². The van der Waals surface area contributed by atoms with E-state index in [0.29, 0.717) is 0 Å². The zero-order valence-corrected chi connectivity index (χ0v) is 11.2. The van der Waals surface area contributed by atoms with Crippen LogP contribution in [0.25, 0.3) is 0 Å². The highest BCUT2D eigenvalue weighted by atomic mass is 19.4. The van der Waals surface area contributed by atoms with Crippen LogP contribution in [0.3, 0.4) is 0 Å². The number of nitrogens with zero attached hydrogens (tertiary/aromatic N) is 1. The molecular weight excluding hydrogens is 302 g/mol. The van der Waals surface area contributed by atoms with Crippen molar-refractivity contribution < 1.29 is 31.1 Å². The van der Waals surface area contributed by atoms with Gasteiger partial charge < -0.3 is 10.1 Å². The van der Waals surface area contributed by atoms with Crippen molar-refractivity contribution in [1.29, 1.82) is 0 Å². The van der Waals surface area contributed by atoms with Gasteiger partial charge in [-0.1, -0.05) is 13.8 Å². The summed E-state index contributed by atoms with van der Waals surface area (Å²) in [5, 5.41) is 2.88. The molecule has 0 bridgehead atoms. The van der Waals surface area contributed by atoms with Gasteiger partial charge in [0.05, 0.1) is 6.20 Å². The lowest BCUT2D eigenvalue weighted by Gasteiger charge is -2.25. The first kappa shape index (κ1) is 17.5. The van der Waals surface area contributed by atoms with Gasteiger partial charge >= 0.3 is 12.4 Å². The molecule has 0 radical (unpaired) electrons. The molecule has 0 fully saturated rings. The van der Waals surface area contributed by atoms with Crippen LogP contribution in [0, 0.1) is 0 Å². The fourth-order valence-electron chi connectivity index (χ4n) is 1.42. The Morgan fingerprint density at radius 2 is 1.71 bits per heavy atom. The van der Waals surface area contributed by atoms with Crippen LogP contribution in [0.5, 0.6) is 5.75 Å². The lowest BCUT2D eigenvalue weighted by Crippen LogP contribution is -2.46. The number of alkyl halides is 6. The largest absolute Gasteiger partial charge is 0.469 e. The highest BCUT2D eigenvalue weighted by molar-refractivity contribution is 5.30. The van der Waals surface area contributed by atoms with Crippen LogP contribution in [0.15, 0.2) is 18.5 Å². The van der Waals surface area contributed by atoms with Crippen LogP contribution in [0.1, 0.15) is 19.4 Å². The van der Waals surface area contributed by atoms with Crippen molar-refractivity contribution in [3.05, 3.63) is 24.0 Å². The monoisotopic (exact) mass is 316 g/mol. The molecule has 0 aliphatic heterocycles. The predicted molar refractivity (Wildman–Crippen MR) is 62.7 cm³/mol. The van der Waals surface area contributed by atoms with Crippen LogP contribution in [-0.2, 0) is 6.54 Å². The number of halogens is 6. The molecule has 0 spiro atoms. The van der Waals surface area contributed by atoms with Gasteiger partial charge in [-0.3, -0.25) is 4.98 Å². The highest BCUT2D eigenvalue weighted by Gasteiger charge is 2.59. The molecule has 0 amide bonds. The molecule has 120 valence electrons. The molecule has 1 aromatic rings. The van der Waals surface area contributed by atoms with E-state index in [9.17, 15) is 26.3 Å². The molecule has 1 heterocycles. The predicted octanol–water partition coefficient (Wildman–Crippen LogP) is 3.45. The maximum atomic E-state index is 12.5. The minimum atomic E-state index is -5.56. The Morgan fingerprint density at radius 1 is 1.14 bits per heavy atom. The molecule has 0 aliphatic carbocycles. The maximum absolute atomic E-state index is 12.5. The first-order valence-corrected chi connectivity index (χ1v) is 5.98. The molecule has 0 aliphatic rings. The molecule has 1 N–H and O–H groups in total. The minimum Gasteiger partial charge on any atom is -0.469 e.